The van der Waals surface area contributed by atoms with Gasteiger partial charge in [0.25, 0.3) is 0 Å². The van der Waals surface area contributed by atoms with Crippen LogP contribution >= 0.6 is 0 Å². The maximum atomic E-state index is 13.0. The molecule has 0 aromatic carbocycles. The second-order valence-electron chi connectivity index (χ2n) is 16.4. The van der Waals surface area contributed by atoms with Crippen molar-refractivity contribution in [3.8, 4) is 0 Å². The van der Waals surface area contributed by atoms with Crippen molar-refractivity contribution in [1.29, 1.82) is 0 Å². The maximum absolute atomic E-state index is 13.0. The molecule has 0 saturated heterocycles. The molecule has 0 aliphatic heterocycles. The van der Waals surface area contributed by atoms with E-state index in [2.05, 4.69) is 32.6 Å². The number of carbonyl (C=O) groups excluding carboxylic acids is 3. The van der Waals surface area contributed by atoms with Crippen LogP contribution in [0.15, 0.2) is 0 Å². The third kappa shape index (κ3) is 35.3. The van der Waals surface area contributed by atoms with Crippen molar-refractivity contribution in [2.45, 2.75) is 240 Å². The molecule has 0 fully saturated rings. The van der Waals surface area contributed by atoms with Gasteiger partial charge in [-0.05, 0) is 97.2 Å². The summed E-state index contributed by atoms with van der Waals surface area (Å²) in [7, 11) is 0. The van der Waals surface area contributed by atoms with Gasteiger partial charge in [-0.25, -0.2) is 0 Å². The Morgan fingerprint density at radius 1 is 0.382 bits per heavy atom. The van der Waals surface area contributed by atoms with Gasteiger partial charge >= 0.3 is 17.9 Å². The first-order chi connectivity index (χ1) is 26.9. The van der Waals surface area contributed by atoms with Gasteiger partial charge in [-0.2, -0.15) is 0 Å². The van der Waals surface area contributed by atoms with Crippen molar-refractivity contribution < 1.29 is 28.6 Å². The van der Waals surface area contributed by atoms with Crippen molar-refractivity contribution in [2.24, 2.45) is 11.8 Å². The molecule has 0 spiro atoms. The largest absolute Gasteiger partial charge is 0.466 e. The number of ether oxygens (including phenoxy) is 3. The van der Waals surface area contributed by atoms with Gasteiger partial charge in [-0.3, -0.25) is 14.4 Å². The Morgan fingerprint density at radius 2 is 0.709 bits per heavy atom. The van der Waals surface area contributed by atoms with E-state index in [9.17, 15) is 14.4 Å². The summed E-state index contributed by atoms with van der Waals surface area (Å²) in [5.74, 6) is 0.0479. The highest BCUT2D eigenvalue weighted by Crippen LogP contribution is 2.22. The SMILES string of the molecule is CCCCCCCCC(CCCCCC)C(=O)OCCCCCN(CCCCCOC(=O)C(CCCCCC)CCCCCCCC)CCCC(=O)OCC. The van der Waals surface area contributed by atoms with Crippen LogP contribution in [0.25, 0.3) is 0 Å². The van der Waals surface area contributed by atoms with E-state index in [4.69, 9.17) is 14.2 Å². The molecular formula is C48H93NO6. The first-order valence-electron chi connectivity index (χ1n) is 24.1. The Labute approximate surface area is 341 Å². The van der Waals surface area contributed by atoms with Crippen molar-refractivity contribution in [3.63, 3.8) is 0 Å². The molecule has 0 aromatic rings. The molecule has 0 N–H and O–H groups in total. The topological polar surface area (TPSA) is 82.1 Å². The Bertz CT molecular complexity index is 794. The molecular weight excluding hydrogens is 687 g/mol. The quantitative estimate of drug-likeness (QED) is 0.0346. The molecule has 0 heterocycles. The Hall–Kier alpha value is -1.63. The van der Waals surface area contributed by atoms with Gasteiger partial charge in [0.2, 0.25) is 0 Å². The first-order valence-corrected chi connectivity index (χ1v) is 24.1. The summed E-state index contributed by atoms with van der Waals surface area (Å²) in [6.45, 7) is 15.1. The maximum Gasteiger partial charge on any atom is 0.308 e. The number of esters is 3. The number of unbranched alkanes of at least 4 members (excludes halogenated alkanes) is 20. The lowest BCUT2D eigenvalue weighted by Crippen LogP contribution is -2.28. The summed E-state index contributed by atoms with van der Waals surface area (Å²) >= 11 is 0. The molecule has 0 aromatic heterocycles. The zero-order valence-corrected chi connectivity index (χ0v) is 37.4. The van der Waals surface area contributed by atoms with Gasteiger partial charge in [-0.15, -0.1) is 0 Å². The zero-order valence-electron chi connectivity index (χ0n) is 37.4. The minimum Gasteiger partial charge on any atom is -0.466 e. The van der Waals surface area contributed by atoms with Crippen molar-refractivity contribution in [1.82, 2.24) is 4.90 Å². The minimum atomic E-state index is -0.119. The van der Waals surface area contributed by atoms with Crippen LogP contribution in [0.4, 0.5) is 0 Å². The van der Waals surface area contributed by atoms with E-state index in [1.54, 1.807) is 0 Å². The molecule has 326 valence electrons. The van der Waals surface area contributed by atoms with Crippen molar-refractivity contribution in [3.05, 3.63) is 0 Å². The molecule has 0 bridgehead atoms. The summed E-state index contributed by atoms with van der Waals surface area (Å²) in [5, 5.41) is 0. The molecule has 2 atom stereocenters. The molecule has 2 unspecified atom stereocenters. The second-order valence-corrected chi connectivity index (χ2v) is 16.4. The van der Waals surface area contributed by atoms with Crippen molar-refractivity contribution in [2.75, 3.05) is 39.5 Å². The van der Waals surface area contributed by atoms with Crippen LogP contribution in [-0.4, -0.2) is 62.3 Å². The summed E-state index contributed by atoms with van der Waals surface area (Å²) in [5.41, 5.74) is 0. The predicted octanol–water partition coefficient (Wildman–Crippen LogP) is 13.7. The lowest BCUT2D eigenvalue weighted by Gasteiger charge is -2.22. The number of carbonyl (C=O) groups is 3. The molecule has 0 aliphatic carbocycles. The average Bonchev–Trinajstić information content (AvgIpc) is 3.18. The molecule has 0 radical (unpaired) electrons. The number of hydrogen-bond acceptors (Lipinski definition) is 7. The monoisotopic (exact) mass is 780 g/mol. The normalized spacial score (nSPS) is 12.5. The van der Waals surface area contributed by atoms with E-state index in [1.807, 2.05) is 6.92 Å². The Kier molecular flexibility index (Phi) is 40.7. The summed E-state index contributed by atoms with van der Waals surface area (Å²) < 4.78 is 16.8. The third-order valence-electron chi connectivity index (χ3n) is 11.2. The van der Waals surface area contributed by atoms with E-state index < -0.39 is 0 Å². The fourth-order valence-corrected chi connectivity index (χ4v) is 7.56. The van der Waals surface area contributed by atoms with Crippen LogP contribution in [-0.2, 0) is 28.6 Å². The van der Waals surface area contributed by atoms with Gasteiger partial charge in [0.1, 0.15) is 0 Å². The smallest absolute Gasteiger partial charge is 0.308 e. The fourth-order valence-electron chi connectivity index (χ4n) is 7.56. The second kappa shape index (κ2) is 42.0. The minimum absolute atomic E-state index is 0.0247. The summed E-state index contributed by atoms with van der Waals surface area (Å²) in [6.07, 6.45) is 35.7. The lowest BCUT2D eigenvalue weighted by atomic mass is 9.94. The number of rotatable bonds is 43. The van der Waals surface area contributed by atoms with Gasteiger partial charge < -0.3 is 19.1 Å². The Balaban J connectivity index is 4.67. The number of nitrogens with zero attached hydrogens (tertiary/aromatic N) is 1. The zero-order chi connectivity index (χ0) is 40.5. The van der Waals surface area contributed by atoms with E-state index in [0.717, 1.165) is 116 Å². The highest BCUT2D eigenvalue weighted by atomic mass is 16.5. The van der Waals surface area contributed by atoms with Crippen molar-refractivity contribution >= 4 is 17.9 Å². The van der Waals surface area contributed by atoms with Crippen LogP contribution in [0.3, 0.4) is 0 Å². The standard InChI is InChI=1S/C48H93NO6/c1-6-11-15-19-21-27-36-44(34-25-17-13-8-3)47(51)54-42-31-23-29-39-49(41-33-38-46(50)53-10-5)40-30-24-32-43-55-48(52)45(35-26-18-14-9-4)37-28-22-20-16-12-7-2/h44-45H,6-43H2,1-5H3. The van der Waals surface area contributed by atoms with Crippen LogP contribution in [0.1, 0.15) is 240 Å². The van der Waals surface area contributed by atoms with Crippen LogP contribution in [0.5, 0.6) is 0 Å². The van der Waals surface area contributed by atoms with Gasteiger partial charge in [0.05, 0.1) is 31.7 Å². The van der Waals surface area contributed by atoms with Gasteiger partial charge in [0.15, 0.2) is 0 Å². The molecule has 7 heteroatoms. The van der Waals surface area contributed by atoms with Crippen LogP contribution in [0.2, 0.25) is 0 Å². The molecule has 55 heavy (non-hydrogen) atoms. The summed E-state index contributed by atoms with van der Waals surface area (Å²) in [6, 6.07) is 0. The van der Waals surface area contributed by atoms with Gasteiger partial charge in [-0.1, -0.05) is 156 Å². The number of hydrogen-bond donors (Lipinski definition) is 0. The van der Waals surface area contributed by atoms with E-state index >= 15 is 0 Å². The van der Waals surface area contributed by atoms with E-state index in [1.165, 1.54) is 103 Å². The average molecular weight is 780 g/mol. The molecule has 7 nitrogen and oxygen atoms in total. The van der Waals surface area contributed by atoms with E-state index in [-0.39, 0.29) is 29.7 Å². The molecule has 0 aliphatic rings. The highest BCUT2D eigenvalue weighted by molar-refractivity contribution is 5.72. The summed E-state index contributed by atoms with van der Waals surface area (Å²) in [4.78, 5) is 40.5. The molecule has 0 saturated carbocycles. The predicted molar refractivity (Wildman–Crippen MR) is 232 cm³/mol. The first kappa shape index (κ1) is 53.4. The van der Waals surface area contributed by atoms with Crippen LogP contribution in [0, 0.1) is 11.8 Å². The Morgan fingerprint density at radius 3 is 1.09 bits per heavy atom. The fraction of sp³-hybridized carbons (Fsp3) is 0.938. The third-order valence-corrected chi connectivity index (χ3v) is 11.2. The lowest BCUT2D eigenvalue weighted by molar-refractivity contribution is -0.150. The van der Waals surface area contributed by atoms with E-state index in [0.29, 0.717) is 26.2 Å². The van der Waals surface area contributed by atoms with Gasteiger partial charge in [0, 0.05) is 6.42 Å². The molecule has 0 rings (SSSR count). The van der Waals surface area contributed by atoms with Crippen LogP contribution < -0.4 is 0 Å². The highest BCUT2D eigenvalue weighted by Gasteiger charge is 2.20. The molecule has 0 amide bonds.